The third-order valence-electron chi connectivity index (χ3n) is 3.96. The highest BCUT2D eigenvalue weighted by Gasteiger charge is 2.25. The number of rotatable bonds is 14. The van der Waals surface area contributed by atoms with Gasteiger partial charge in [-0.2, -0.15) is 0 Å². The van der Waals surface area contributed by atoms with Crippen molar-refractivity contribution in [3.05, 3.63) is 24.3 Å². The first-order chi connectivity index (χ1) is 11.6. The third-order valence-corrected chi connectivity index (χ3v) is 5.89. The average molecular weight is 355 g/mol. The smallest absolute Gasteiger partial charge is 0.379 e. The molecule has 1 rings (SSSR count). The molecule has 0 saturated heterocycles. The van der Waals surface area contributed by atoms with Gasteiger partial charge in [0.15, 0.2) is 0 Å². The number of unbranched alkanes of at least 4 members (excludes halogenated alkanes) is 6. The van der Waals surface area contributed by atoms with Crippen molar-refractivity contribution >= 4 is 13.3 Å². The lowest BCUT2D eigenvalue weighted by Gasteiger charge is -2.19. The number of hydrogen-bond donors (Lipinski definition) is 1. The Balaban J connectivity index is 2.46. The highest BCUT2D eigenvalue weighted by Crippen LogP contribution is 2.49. The van der Waals surface area contributed by atoms with E-state index in [1.165, 1.54) is 25.7 Å². The fraction of sp³-hybridized carbons (Fsp3) is 0.684. The van der Waals surface area contributed by atoms with Crippen molar-refractivity contribution in [2.24, 2.45) is 0 Å². The van der Waals surface area contributed by atoms with Crippen LogP contribution in [0.2, 0.25) is 0 Å². The molecule has 0 amide bonds. The minimum absolute atomic E-state index is 0.479. The van der Waals surface area contributed by atoms with E-state index < -0.39 is 7.60 Å². The topological polar surface area (TPSA) is 47.6 Å². The Bertz CT molecular complexity index is 476. The summed E-state index contributed by atoms with van der Waals surface area (Å²) in [5.41, 5.74) is 0.999. The molecule has 1 aromatic carbocycles. The maximum absolute atomic E-state index is 13.0. The summed E-state index contributed by atoms with van der Waals surface area (Å²) < 4.78 is 24.4. The molecular formula is C19H34NO3P. The van der Waals surface area contributed by atoms with Crippen LogP contribution in [0.25, 0.3) is 0 Å². The van der Waals surface area contributed by atoms with Crippen molar-refractivity contribution in [1.82, 2.24) is 0 Å². The van der Waals surface area contributed by atoms with E-state index >= 15 is 0 Å². The lowest BCUT2D eigenvalue weighted by molar-refractivity contribution is 0.257. The summed E-state index contributed by atoms with van der Waals surface area (Å²) >= 11 is 0. The molecule has 0 bridgehead atoms. The van der Waals surface area contributed by atoms with Gasteiger partial charge in [-0.15, -0.1) is 0 Å². The first-order valence-electron chi connectivity index (χ1n) is 9.34. The number of nitrogens with one attached hydrogen (secondary N) is 1. The highest BCUT2D eigenvalue weighted by molar-refractivity contribution is 7.54. The molecule has 1 unspecified atom stereocenters. The van der Waals surface area contributed by atoms with Crippen molar-refractivity contribution in [3.8, 4) is 5.75 Å². The number of hydrogen-bond acceptors (Lipinski definition) is 4. The normalized spacial score (nSPS) is 13.5. The molecule has 1 aromatic rings. The molecule has 0 aliphatic heterocycles. The summed E-state index contributed by atoms with van der Waals surface area (Å²) in [4.78, 5) is 0. The zero-order valence-electron chi connectivity index (χ0n) is 15.6. The van der Waals surface area contributed by atoms with E-state index in [4.69, 9.17) is 9.05 Å². The van der Waals surface area contributed by atoms with Gasteiger partial charge in [0.05, 0.1) is 12.8 Å². The van der Waals surface area contributed by atoms with Gasteiger partial charge >= 0.3 is 7.60 Å². The molecule has 138 valence electrons. The largest absolute Gasteiger partial charge is 0.424 e. The van der Waals surface area contributed by atoms with E-state index in [0.717, 1.165) is 31.4 Å². The first-order valence-corrected chi connectivity index (χ1v) is 11.1. The molecule has 0 heterocycles. The predicted molar refractivity (Wildman–Crippen MR) is 103 cm³/mol. The van der Waals surface area contributed by atoms with Gasteiger partial charge in [-0.1, -0.05) is 52.4 Å². The van der Waals surface area contributed by atoms with Crippen LogP contribution in [-0.2, 0) is 9.09 Å². The maximum Gasteiger partial charge on any atom is 0.379 e. The van der Waals surface area contributed by atoms with Crippen LogP contribution in [0.1, 0.15) is 65.2 Å². The van der Waals surface area contributed by atoms with E-state index in [1.807, 2.05) is 31.3 Å². The van der Waals surface area contributed by atoms with E-state index in [2.05, 4.69) is 19.2 Å². The van der Waals surface area contributed by atoms with Crippen LogP contribution in [0.5, 0.6) is 5.75 Å². The molecule has 0 aliphatic carbocycles. The Morgan fingerprint density at radius 1 is 0.917 bits per heavy atom. The molecule has 0 aliphatic rings. The average Bonchev–Trinajstić information content (AvgIpc) is 2.60. The number of anilines is 1. The summed E-state index contributed by atoms with van der Waals surface area (Å²) in [5.74, 6) is 0.608. The molecule has 24 heavy (non-hydrogen) atoms. The zero-order chi connectivity index (χ0) is 17.7. The predicted octanol–water partition coefficient (Wildman–Crippen LogP) is 6.48. The SMILES string of the molecule is CCCCCCCCOP(=O)(CCCC)Oc1ccc(NC)cc1. The minimum atomic E-state index is -3.06. The summed E-state index contributed by atoms with van der Waals surface area (Å²) in [6.45, 7) is 4.81. The fourth-order valence-electron chi connectivity index (χ4n) is 2.42. The molecule has 4 nitrogen and oxygen atoms in total. The summed E-state index contributed by atoms with van der Waals surface area (Å²) in [6.07, 6.45) is 9.43. The van der Waals surface area contributed by atoms with E-state index in [9.17, 15) is 4.57 Å². The van der Waals surface area contributed by atoms with Crippen LogP contribution in [0, 0.1) is 0 Å². The second kappa shape index (κ2) is 12.4. The van der Waals surface area contributed by atoms with Gasteiger partial charge in [-0.25, -0.2) is 4.57 Å². The third kappa shape index (κ3) is 8.75. The van der Waals surface area contributed by atoms with Crippen molar-refractivity contribution in [2.75, 3.05) is 25.1 Å². The Labute approximate surface area is 147 Å². The van der Waals surface area contributed by atoms with Crippen LogP contribution < -0.4 is 9.84 Å². The van der Waals surface area contributed by atoms with E-state index in [0.29, 0.717) is 18.5 Å². The zero-order valence-corrected chi connectivity index (χ0v) is 16.4. The first kappa shape index (κ1) is 21.1. The Hall–Kier alpha value is -0.990. The molecule has 1 N–H and O–H groups in total. The van der Waals surface area contributed by atoms with Gasteiger partial charge in [0, 0.05) is 12.7 Å². The summed E-state index contributed by atoms with van der Waals surface area (Å²) in [5, 5.41) is 3.06. The summed E-state index contributed by atoms with van der Waals surface area (Å²) in [7, 11) is -1.20. The van der Waals surface area contributed by atoms with Gasteiger partial charge in [0.25, 0.3) is 0 Å². The standard InChI is InChI=1S/C19H34NO3P/c1-4-6-8-9-10-11-16-22-24(21,17-7-5-2)23-19-14-12-18(20-3)13-15-19/h12-15,20H,4-11,16-17H2,1-3H3. The summed E-state index contributed by atoms with van der Waals surface area (Å²) in [6, 6.07) is 7.48. The van der Waals surface area contributed by atoms with E-state index in [1.54, 1.807) is 0 Å². The van der Waals surface area contributed by atoms with Crippen LogP contribution in [0.15, 0.2) is 24.3 Å². The van der Waals surface area contributed by atoms with Crippen molar-refractivity contribution < 1.29 is 13.6 Å². The minimum Gasteiger partial charge on any atom is -0.424 e. The molecule has 0 aromatic heterocycles. The van der Waals surface area contributed by atoms with E-state index in [-0.39, 0.29) is 0 Å². The van der Waals surface area contributed by atoms with Crippen LogP contribution >= 0.6 is 7.60 Å². The molecule has 0 fully saturated rings. The Morgan fingerprint density at radius 3 is 2.17 bits per heavy atom. The van der Waals surface area contributed by atoms with Gasteiger partial charge in [-0.05, 0) is 37.1 Å². The van der Waals surface area contributed by atoms with Crippen LogP contribution in [-0.4, -0.2) is 19.8 Å². The van der Waals surface area contributed by atoms with Crippen LogP contribution in [0.4, 0.5) is 5.69 Å². The molecular weight excluding hydrogens is 321 g/mol. The monoisotopic (exact) mass is 355 g/mol. The Morgan fingerprint density at radius 2 is 1.54 bits per heavy atom. The quantitative estimate of drug-likeness (QED) is 0.306. The van der Waals surface area contributed by atoms with Gasteiger partial charge in [-0.3, -0.25) is 4.52 Å². The van der Waals surface area contributed by atoms with Gasteiger partial charge in [0.1, 0.15) is 5.75 Å². The van der Waals surface area contributed by atoms with Crippen molar-refractivity contribution in [3.63, 3.8) is 0 Å². The molecule has 0 spiro atoms. The van der Waals surface area contributed by atoms with Crippen LogP contribution in [0.3, 0.4) is 0 Å². The lowest BCUT2D eigenvalue weighted by Crippen LogP contribution is -2.04. The highest BCUT2D eigenvalue weighted by atomic mass is 31.2. The molecule has 0 radical (unpaired) electrons. The van der Waals surface area contributed by atoms with Crippen molar-refractivity contribution in [1.29, 1.82) is 0 Å². The lowest BCUT2D eigenvalue weighted by atomic mass is 10.1. The van der Waals surface area contributed by atoms with Crippen molar-refractivity contribution in [2.45, 2.75) is 65.2 Å². The molecule has 5 heteroatoms. The number of benzene rings is 1. The van der Waals surface area contributed by atoms with Gasteiger partial charge < -0.3 is 9.84 Å². The fourth-order valence-corrected chi connectivity index (χ4v) is 4.24. The van der Waals surface area contributed by atoms with Gasteiger partial charge in [0.2, 0.25) is 0 Å². The Kier molecular flexibility index (Phi) is 10.9. The second-order valence-electron chi connectivity index (χ2n) is 6.15. The maximum atomic E-state index is 13.0. The molecule has 0 saturated carbocycles. The molecule has 1 atom stereocenters. The second-order valence-corrected chi connectivity index (χ2v) is 8.26.